The molecule has 2 N–H and O–H groups in total. The van der Waals surface area contributed by atoms with Crippen LogP contribution in [0.25, 0.3) is 10.2 Å². The summed E-state index contributed by atoms with van der Waals surface area (Å²) in [4.78, 5) is 34.1. The fourth-order valence-corrected chi connectivity index (χ4v) is 5.35. The highest BCUT2D eigenvalue weighted by atomic mass is 32.1. The van der Waals surface area contributed by atoms with E-state index >= 15 is 0 Å². The van der Waals surface area contributed by atoms with Gasteiger partial charge in [-0.05, 0) is 63.2 Å². The molecule has 0 atom stereocenters. The van der Waals surface area contributed by atoms with Gasteiger partial charge in [0.05, 0.1) is 5.39 Å². The summed E-state index contributed by atoms with van der Waals surface area (Å²) < 4.78 is 0. The lowest BCUT2D eigenvalue weighted by Crippen LogP contribution is -2.41. The number of likely N-dealkylation sites (tertiary alicyclic amines) is 1. The summed E-state index contributed by atoms with van der Waals surface area (Å²) in [6.45, 7) is 2.25. The number of hydrogen-bond donors (Lipinski definition) is 2. The third-order valence-corrected chi connectivity index (χ3v) is 6.56. The Morgan fingerprint density at radius 1 is 1.35 bits per heavy atom. The van der Waals surface area contributed by atoms with Crippen molar-refractivity contribution >= 4 is 27.5 Å². The zero-order valence-corrected chi connectivity index (χ0v) is 13.8. The van der Waals surface area contributed by atoms with Gasteiger partial charge in [0.1, 0.15) is 4.83 Å². The van der Waals surface area contributed by atoms with Gasteiger partial charge < -0.3 is 15.0 Å². The first-order valence-electron chi connectivity index (χ1n) is 7.94. The zero-order chi connectivity index (χ0) is 16.2. The molecule has 7 heteroatoms. The lowest BCUT2D eigenvalue weighted by molar-refractivity contribution is 0.0683. The summed E-state index contributed by atoms with van der Waals surface area (Å²) >= 11 is 1.51. The number of aromatic amines is 1. The molecule has 2 aliphatic rings. The first-order valence-corrected chi connectivity index (χ1v) is 8.75. The molecule has 6 nitrogen and oxygen atoms in total. The number of rotatable bonds is 1. The summed E-state index contributed by atoms with van der Waals surface area (Å²) in [7, 11) is 2.16. The number of carbonyl (C=O) groups is 1. The summed E-state index contributed by atoms with van der Waals surface area (Å²) in [6.07, 6.45) is 5.40. The van der Waals surface area contributed by atoms with Crippen LogP contribution < -0.4 is 5.56 Å². The molecular weight excluding hydrogens is 314 g/mol. The topological polar surface area (TPSA) is 86.3 Å². The number of hydrogen-bond acceptors (Lipinski definition) is 5. The van der Waals surface area contributed by atoms with Gasteiger partial charge in [-0.25, -0.2) is 9.78 Å². The minimum absolute atomic E-state index is 0.268. The highest BCUT2D eigenvalue weighted by Gasteiger charge is 2.38. The standard InChI is InChI=1S/C16H19N3O3S/c1-19-6-4-16(5-7-19)3-2-9-10(8-16)23-14-11(9)13(20)17-12(18-14)15(21)22/h2-8H2,1H3,(H,21,22)(H,17,18,20). The lowest BCUT2D eigenvalue weighted by Gasteiger charge is -2.43. The average Bonchev–Trinajstić information content (AvgIpc) is 2.88. The van der Waals surface area contributed by atoms with E-state index in [0.29, 0.717) is 15.6 Å². The molecule has 1 aliphatic heterocycles. The number of aryl methyl sites for hydroxylation is 1. The molecule has 1 fully saturated rings. The Kier molecular flexibility index (Phi) is 3.32. The number of thiophene rings is 1. The maximum atomic E-state index is 12.3. The van der Waals surface area contributed by atoms with Crippen LogP contribution in [0.5, 0.6) is 0 Å². The van der Waals surface area contributed by atoms with Crippen molar-refractivity contribution < 1.29 is 9.90 Å². The predicted molar refractivity (Wildman–Crippen MR) is 88.4 cm³/mol. The maximum Gasteiger partial charge on any atom is 0.372 e. The highest BCUT2D eigenvalue weighted by molar-refractivity contribution is 7.18. The van der Waals surface area contributed by atoms with Crippen LogP contribution in [0.15, 0.2) is 4.79 Å². The summed E-state index contributed by atoms with van der Waals surface area (Å²) in [5.41, 5.74) is 1.13. The number of piperidine rings is 1. The predicted octanol–water partition coefficient (Wildman–Crippen LogP) is 1.88. The van der Waals surface area contributed by atoms with Crippen molar-refractivity contribution in [3.63, 3.8) is 0 Å². The van der Waals surface area contributed by atoms with Crippen molar-refractivity contribution in [2.45, 2.75) is 32.1 Å². The second-order valence-corrected chi connectivity index (χ2v) is 7.97. The van der Waals surface area contributed by atoms with Crippen LogP contribution in [0, 0.1) is 5.41 Å². The van der Waals surface area contributed by atoms with E-state index in [0.717, 1.165) is 37.9 Å². The van der Waals surface area contributed by atoms with E-state index < -0.39 is 5.97 Å². The molecule has 0 unspecified atom stereocenters. The van der Waals surface area contributed by atoms with Crippen molar-refractivity contribution in [2.75, 3.05) is 20.1 Å². The summed E-state index contributed by atoms with van der Waals surface area (Å²) in [6, 6.07) is 0. The van der Waals surface area contributed by atoms with Gasteiger partial charge in [0.15, 0.2) is 0 Å². The lowest BCUT2D eigenvalue weighted by atomic mass is 9.68. The third kappa shape index (κ3) is 2.38. The Morgan fingerprint density at radius 2 is 2.09 bits per heavy atom. The van der Waals surface area contributed by atoms with Gasteiger partial charge in [-0.3, -0.25) is 4.79 Å². The molecule has 1 spiro atoms. The second kappa shape index (κ2) is 5.14. The zero-order valence-electron chi connectivity index (χ0n) is 13.0. The summed E-state index contributed by atoms with van der Waals surface area (Å²) in [5.74, 6) is -1.46. The maximum absolute atomic E-state index is 12.3. The average molecular weight is 333 g/mol. The Labute approximate surface area is 137 Å². The molecule has 122 valence electrons. The molecule has 23 heavy (non-hydrogen) atoms. The van der Waals surface area contributed by atoms with Gasteiger partial charge in [-0.2, -0.15) is 0 Å². The van der Waals surface area contributed by atoms with Gasteiger partial charge in [-0.1, -0.05) is 0 Å². The number of nitrogens with one attached hydrogen (secondary N) is 1. The van der Waals surface area contributed by atoms with E-state index in [1.165, 1.54) is 29.1 Å². The Balaban J connectivity index is 1.77. The number of H-pyrrole nitrogens is 1. The number of carboxylic acid groups (broad SMARTS) is 1. The van der Waals surface area contributed by atoms with Crippen LogP contribution in [-0.4, -0.2) is 46.1 Å². The largest absolute Gasteiger partial charge is 0.475 e. The molecule has 3 heterocycles. The quantitative estimate of drug-likeness (QED) is 0.832. The van der Waals surface area contributed by atoms with Crippen molar-refractivity contribution in [2.24, 2.45) is 5.41 Å². The minimum Gasteiger partial charge on any atom is -0.475 e. The van der Waals surface area contributed by atoms with Crippen LogP contribution in [0.3, 0.4) is 0 Å². The fourth-order valence-electron chi connectivity index (χ4n) is 3.96. The molecular formula is C16H19N3O3S. The summed E-state index contributed by atoms with van der Waals surface area (Å²) in [5, 5.41) is 9.67. The van der Waals surface area contributed by atoms with Gasteiger partial charge >= 0.3 is 5.97 Å². The number of aromatic carboxylic acids is 1. The molecule has 2 aromatic heterocycles. The number of nitrogens with zero attached hydrogens (tertiary/aromatic N) is 2. The molecule has 0 radical (unpaired) electrons. The van der Waals surface area contributed by atoms with E-state index in [1.54, 1.807) is 0 Å². The van der Waals surface area contributed by atoms with Gasteiger partial charge in [0.2, 0.25) is 5.82 Å². The van der Waals surface area contributed by atoms with E-state index in [9.17, 15) is 9.59 Å². The van der Waals surface area contributed by atoms with Crippen molar-refractivity contribution in [1.82, 2.24) is 14.9 Å². The van der Waals surface area contributed by atoms with E-state index in [2.05, 4.69) is 21.9 Å². The molecule has 1 saturated heterocycles. The van der Waals surface area contributed by atoms with Crippen molar-refractivity contribution in [3.8, 4) is 0 Å². The Bertz CT molecular complexity index is 846. The van der Waals surface area contributed by atoms with Gasteiger partial charge in [-0.15, -0.1) is 11.3 Å². The van der Waals surface area contributed by atoms with E-state index in [1.807, 2.05) is 0 Å². The third-order valence-electron chi connectivity index (χ3n) is 5.44. The number of fused-ring (bicyclic) bond motifs is 3. The van der Waals surface area contributed by atoms with Gasteiger partial charge in [0.25, 0.3) is 5.56 Å². The molecule has 4 rings (SSSR count). The van der Waals surface area contributed by atoms with E-state index in [-0.39, 0.29) is 11.4 Å². The van der Waals surface area contributed by atoms with Crippen molar-refractivity contribution in [3.05, 3.63) is 26.6 Å². The highest BCUT2D eigenvalue weighted by Crippen LogP contribution is 2.46. The SMILES string of the molecule is CN1CCC2(CCc3c(sc4nc(C(=O)O)[nH]c(=O)c34)C2)CC1. The first-order chi connectivity index (χ1) is 11.0. The minimum atomic E-state index is -1.19. The molecule has 1 aliphatic carbocycles. The Hall–Kier alpha value is -1.73. The first kappa shape index (κ1) is 14.8. The Morgan fingerprint density at radius 3 is 2.78 bits per heavy atom. The fraction of sp³-hybridized carbons (Fsp3) is 0.562. The molecule has 0 aromatic carbocycles. The molecule has 0 amide bonds. The number of aromatic nitrogens is 2. The molecule has 0 bridgehead atoms. The van der Waals surface area contributed by atoms with Crippen molar-refractivity contribution in [1.29, 1.82) is 0 Å². The van der Waals surface area contributed by atoms with Crippen LogP contribution >= 0.6 is 11.3 Å². The van der Waals surface area contributed by atoms with Gasteiger partial charge in [0, 0.05) is 4.88 Å². The van der Waals surface area contributed by atoms with Crippen LogP contribution in [0.4, 0.5) is 0 Å². The molecule has 2 aromatic rings. The normalized spacial score (nSPS) is 20.7. The van der Waals surface area contributed by atoms with Crippen LogP contribution in [-0.2, 0) is 12.8 Å². The second-order valence-electron chi connectivity index (χ2n) is 6.88. The smallest absolute Gasteiger partial charge is 0.372 e. The number of carboxylic acids is 1. The van der Waals surface area contributed by atoms with E-state index in [4.69, 9.17) is 5.11 Å². The monoisotopic (exact) mass is 333 g/mol. The van der Waals surface area contributed by atoms with Crippen LogP contribution in [0.2, 0.25) is 0 Å². The van der Waals surface area contributed by atoms with Crippen LogP contribution in [0.1, 0.15) is 40.3 Å². The molecule has 0 saturated carbocycles.